The quantitative estimate of drug-likeness (QED) is 0.212. The number of aliphatic carboxylic acids is 1. The Kier molecular flexibility index (Phi) is 8.49. The van der Waals surface area contributed by atoms with Crippen molar-refractivity contribution in [1.82, 2.24) is 25.5 Å². The molecule has 1 fully saturated rings. The van der Waals surface area contributed by atoms with Crippen molar-refractivity contribution < 1.29 is 29.1 Å². The van der Waals surface area contributed by atoms with Crippen LogP contribution >= 0.6 is 0 Å². The van der Waals surface area contributed by atoms with E-state index in [-0.39, 0.29) is 32.4 Å². The van der Waals surface area contributed by atoms with Crippen molar-refractivity contribution >= 4 is 29.6 Å². The molecule has 170 valence electrons. The number of likely N-dealkylation sites (tertiary alicyclic amines) is 1. The van der Waals surface area contributed by atoms with Gasteiger partial charge in [-0.1, -0.05) is 0 Å². The Morgan fingerprint density at radius 2 is 2.00 bits per heavy atom. The number of carboxylic acids is 1. The Balaban J connectivity index is 2.09. The van der Waals surface area contributed by atoms with E-state index in [9.17, 15) is 29.1 Å². The van der Waals surface area contributed by atoms with E-state index in [4.69, 9.17) is 11.5 Å². The zero-order chi connectivity index (χ0) is 23.0. The number of hydrogen-bond acceptors (Lipinski definition) is 7. The molecule has 13 nitrogen and oxygen atoms in total. The van der Waals surface area contributed by atoms with Crippen LogP contribution in [0.5, 0.6) is 0 Å². The lowest BCUT2D eigenvalue weighted by atomic mass is 10.1. The standard InChI is InChI=1S/C18H27N7O6/c19-7-15(27)23-11(3-4-14(20)26)17(29)25-5-1-2-13(25)16(28)24-12(18(30)31)6-10-8-21-9-22-10/h8-9,11-13H,1-7,19H2,(H2,20,26)(H,21,22)(H,23,27)(H,24,28)(H,30,31). The summed E-state index contributed by atoms with van der Waals surface area (Å²) >= 11 is 0. The summed E-state index contributed by atoms with van der Waals surface area (Å²) < 4.78 is 0. The molecule has 1 aliphatic heterocycles. The van der Waals surface area contributed by atoms with Crippen LogP contribution in [0, 0.1) is 0 Å². The van der Waals surface area contributed by atoms with E-state index in [1.165, 1.54) is 17.4 Å². The Labute approximate surface area is 177 Å². The fourth-order valence-corrected chi connectivity index (χ4v) is 3.38. The van der Waals surface area contributed by atoms with E-state index in [1.54, 1.807) is 0 Å². The van der Waals surface area contributed by atoms with Crippen molar-refractivity contribution in [2.75, 3.05) is 13.1 Å². The van der Waals surface area contributed by atoms with E-state index < -0.39 is 47.7 Å². The third kappa shape index (κ3) is 6.77. The number of carboxylic acid groups (broad SMARTS) is 1. The Morgan fingerprint density at radius 1 is 1.26 bits per heavy atom. The molecule has 0 spiro atoms. The predicted molar refractivity (Wildman–Crippen MR) is 106 cm³/mol. The van der Waals surface area contributed by atoms with Gasteiger partial charge in [0, 0.05) is 31.3 Å². The first-order valence-corrected chi connectivity index (χ1v) is 9.81. The zero-order valence-electron chi connectivity index (χ0n) is 16.9. The summed E-state index contributed by atoms with van der Waals surface area (Å²) in [5.41, 5.74) is 11.0. The second kappa shape index (κ2) is 11.1. The summed E-state index contributed by atoms with van der Waals surface area (Å²) in [6.07, 6.45) is 3.53. The highest BCUT2D eigenvalue weighted by atomic mass is 16.4. The van der Waals surface area contributed by atoms with Gasteiger partial charge in [-0.2, -0.15) is 0 Å². The van der Waals surface area contributed by atoms with E-state index in [0.29, 0.717) is 18.5 Å². The first-order valence-electron chi connectivity index (χ1n) is 9.81. The number of nitrogens with zero attached hydrogens (tertiary/aromatic N) is 2. The van der Waals surface area contributed by atoms with Gasteiger partial charge in [-0.05, 0) is 19.3 Å². The number of H-pyrrole nitrogens is 1. The fraction of sp³-hybridized carbons (Fsp3) is 0.556. The number of hydrogen-bond donors (Lipinski definition) is 6. The van der Waals surface area contributed by atoms with Crippen LogP contribution in [0.3, 0.4) is 0 Å². The number of primary amides is 1. The molecule has 13 heteroatoms. The van der Waals surface area contributed by atoms with Crippen LogP contribution in [0.15, 0.2) is 12.5 Å². The van der Waals surface area contributed by atoms with Gasteiger partial charge in [0.05, 0.1) is 12.9 Å². The molecule has 1 aromatic heterocycles. The molecular weight excluding hydrogens is 410 g/mol. The molecule has 2 rings (SSSR count). The Morgan fingerprint density at radius 3 is 2.58 bits per heavy atom. The lowest BCUT2D eigenvalue weighted by Crippen LogP contribution is -2.56. The number of carbonyl (C=O) groups is 5. The van der Waals surface area contributed by atoms with Gasteiger partial charge in [-0.25, -0.2) is 9.78 Å². The highest BCUT2D eigenvalue weighted by molar-refractivity contribution is 5.94. The molecule has 1 aliphatic rings. The minimum absolute atomic E-state index is 0.00443. The summed E-state index contributed by atoms with van der Waals surface area (Å²) in [5.74, 6) is -3.63. The highest BCUT2D eigenvalue weighted by Gasteiger charge is 2.38. The minimum Gasteiger partial charge on any atom is -0.480 e. The van der Waals surface area contributed by atoms with Gasteiger partial charge >= 0.3 is 5.97 Å². The Hall–Kier alpha value is -3.48. The van der Waals surface area contributed by atoms with Gasteiger partial charge in [0.25, 0.3) is 0 Å². The van der Waals surface area contributed by atoms with Crippen LogP contribution in [0.2, 0.25) is 0 Å². The summed E-state index contributed by atoms with van der Waals surface area (Å²) in [6, 6.07) is -3.19. The molecule has 0 radical (unpaired) electrons. The highest BCUT2D eigenvalue weighted by Crippen LogP contribution is 2.20. The first kappa shape index (κ1) is 23.8. The summed E-state index contributed by atoms with van der Waals surface area (Å²) in [7, 11) is 0. The molecule has 8 N–H and O–H groups in total. The SMILES string of the molecule is NCC(=O)NC(CCC(N)=O)C(=O)N1CCCC1C(=O)NC(Cc1cnc[nH]1)C(=O)O. The average Bonchev–Trinajstić information content (AvgIpc) is 3.41. The molecule has 0 bridgehead atoms. The summed E-state index contributed by atoms with van der Waals surface area (Å²) in [6.45, 7) is -0.0983. The monoisotopic (exact) mass is 437 g/mol. The van der Waals surface area contributed by atoms with Gasteiger partial charge in [-0.15, -0.1) is 0 Å². The molecule has 3 atom stereocenters. The van der Waals surface area contributed by atoms with Gasteiger partial charge in [0.1, 0.15) is 18.1 Å². The van der Waals surface area contributed by atoms with Crippen LogP contribution in [0.1, 0.15) is 31.4 Å². The van der Waals surface area contributed by atoms with Crippen molar-refractivity contribution in [2.45, 2.75) is 50.2 Å². The number of nitrogens with two attached hydrogens (primary N) is 2. The molecule has 31 heavy (non-hydrogen) atoms. The number of amides is 4. The number of imidazole rings is 1. The van der Waals surface area contributed by atoms with E-state index in [1.807, 2.05) is 0 Å². The van der Waals surface area contributed by atoms with Crippen molar-refractivity contribution in [3.63, 3.8) is 0 Å². The lowest BCUT2D eigenvalue weighted by molar-refractivity contribution is -0.144. The van der Waals surface area contributed by atoms with Gasteiger partial charge in [0.2, 0.25) is 23.6 Å². The maximum Gasteiger partial charge on any atom is 0.326 e. The van der Waals surface area contributed by atoms with Crippen LogP contribution in [-0.2, 0) is 30.4 Å². The maximum absolute atomic E-state index is 13.0. The van der Waals surface area contributed by atoms with Crippen LogP contribution < -0.4 is 22.1 Å². The van der Waals surface area contributed by atoms with Crippen LogP contribution in [0.4, 0.5) is 0 Å². The predicted octanol–water partition coefficient (Wildman–Crippen LogP) is -2.78. The van der Waals surface area contributed by atoms with E-state index in [2.05, 4.69) is 20.6 Å². The summed E-state index contributed by atoms with van der Waals surface area (Å²) in [5, 5.41) is 14.4. The van der Waals surface area contributed by atoms with Gasteiger partial charge in [0.15, 0.2) is 0 Å². The maximum atomic E-state index is 13.0. The molecule has 0 saturated carbocycles. The normalized spacial score (nSPS) is 17.6. The molecule has 4 amide bonds. The number of aromatic nitrogens is 2. The molecule has 3 unspecified atom stereocenters. The van der Waals surface area contributed by atoms with Crippen molar-refractivity contribution in [2.24, 2.45) is 11.5 Å². The average molecular weight is 437 g/mol. The van der Waals surface area contributed by atoms with Gasteiger partial charge in [-0.3, -0.25) is 19.2 Å². The minimum atomic E-state index is -1.23. The topological polar surface area (TPSA) is 214 Å². The zero-order valence-corrected chi connectivity index (χ0v) is 16.9. The van der Waals surface area contributed by atoms with Crippen molar-refractivity contribution in [3.8, 4) is 0 Å². The van der Waals surface area contributed by atoms with E-state index >= 15 is 0 Å². The van der Waals surface area contributed by atoms with Crippen molar-refractivity contribution in [3.05, 3.63) is 18.2 Å². The van der Waals surface area contributed by atoms with Crippen molar-refractivity contribution in [1.29, 1.82) is 0 Å². The number of rotatable bonds is 11. The first-order chi connectivity index (χ1) is 14.7. The molecule has 0 aromatic carbocycles. The third-order valence-electron chi connectivity index (χ3n) is 4.93. The second-order valence-electron chi connectivity index (χ2n) is 7.20. The van der Waals surface area contributed by atoms with Gasteiger partial charge < -0.3 is 37.1 Å². The Bertz CT molecular complexity index is 812. The number of carbonyl (C=O) groups excluding carboxylic acids is 4. The van der Waals surface area contributed by atoms with Crippen LogP contribution in [-0.4, -0.2) is 80.8 Å². The molecule has 1 aromatic rings. The number of nitrogens with one attached hydrogen (secondary N) is 3. The number of aromatic amines is 1. The largest absolute Gasteiger partial charge is 0.480 e. The van der Waals surface area contributed by atoms with E-state index in [0.717, 1.165) is 0 Å². The molecular formula is C18H27N7O6. The molecule has 1 saturated heterocycles. The summed E-state index contributed by atoms with van der Waals surface area (Å²) in [4.78, 5) is 68.1. The fourth-order valence-electron chi connectivity index (χ4n) is 3.38. The lowest BCUT2D eigenvalue weighted by Gasteiger charge is -2.29. The molecule has 2 heterocycles. The third-order valence-corrected chi connectivity index (χ3v) is 4.93. The molecule has 0 aliphatic carbocycles. The smallest absolute Gasteiger partial charge is 0.326 e. The second-order valence-corrected chi connectivity index (χ2v) is 7.20. The van der Waals surface area contributed by atoms with Crippen LogP contribution in [0.25, 0.3) is 0 Å².